The van der Waals surface area contributed by atoms with Gasteiger partial charge in [-0.05, 0) is 23.3 Å². The van der Waals surface area contributed by atoms with E-state index in [2.05, 4.69) is 41.7 Å². The van der Waals surface area contributed by atoms with Crippen molar-refractivity contribution >= 4 is 0 Å². The predicted molar refractivity (Wildman–Crippen MR) is 70.0 cm³/mol. The number of rotatable bonds is 5. The van der Waals surface area contributed by atoms with Crippen molar-refractivity contribution in [2.45, 2.75) is 13.1 Å². The molecule has 0 fully saturated rings. The van der Waals surface area contributed by atoms with Crippen LogP contribution >= 0.6 is 0 Å². The van der Waals surface area contributed by atoms with Gasteiger partial charge in [0.25, 0.3) is 0 Å². The summed E-state index contributed by atoms with van der Waals surface area (Å²) >= 11 is 0. The van der Waals surface area contributed by atoms with Crippen LogP contribution in [0.3, 0.4) is 0 Å². The van der Waals surface area contributed by atoms with E-state index in [9.17, 15) is 0 Å². The molecule has 2 aromatic carbocycles. The number of methoxy groups -OCH3 is 1. The molecule has 0 saturated carbocycles. The Morgan fingerprint density at radius 2 is 1.39 bits per heavy atom. The lowest BCUT2D eigenvalue weighted by molar-refractivity contribution is -0.00000379. The fourth-order valence-corrected chi connectivity index (χ4v) is 1.69. The first-order valence-corrected chi connectivity index (χ1v) is 5.76. The van der Waals surface area contributed by atoms with Crippen molar-refractivity contribution in [3.63, 3.8) is 0 Å². The lowest BCUT2D eigenvalue weighted by Crippen LogP contribution is -3.00. The quantitative estimate of drug-likeness (QED) is 0.819. The van der Waals surface area contributed by atoms with Gasteiger partial charge in [-0.3, -0.25) is 0 Å². The maximum absolute atomic E-state index is 5.12. The molecule has 1 N–H and O–H groups in total. The maximum atomic E-state index is 5.12. The van der Waals surface area contributed by atoms with E-state index in [1.807, 2.05) is 18.2 Å². The van der Waals surface area contributed by atoms with Gasteiger partial charge >= 0.3 is 0 Å². The standard InChI is InChI=1S/C15H17NO.ClH/c1-17-15-9-7-14(8-10-15)12-16-11-13-5-3-2-4-6-13;/h2-10,16H,11-12H2,1H3;1H/p-1. The first-order chi connectivity index (χ1) is 8.38. The van der Waals surface area contributed by atoms with Crippen LogP contribution in [0, 0.1) is 0 Å². The minimum atomic E-state index is 0. The molecule has 18 heavy (non-hydrogen) atoms. The van der Waals surface area contributed by atoms with E-state index in [4.69, 9.17) is 4.74 Å². The largest absolute Gasteiger partial charge is 1.00 e. The third kappa shape index (κ3) is 4.40. The summed E-state index contributed by atoms with van der Waals surface area (Å²) in [6.07, 6.45) is 0. The van der Waals surface area contributed by atoms with Crippen LogP contribution in [-0.4, -0.2) is 7.11 Å². The highest BCUT2D eigenvalue weighted by molar-refractivity contribution is 5.27. The van der Waals surface area contributed by atoms with Crippen molar-refractivity contribution in [1.82, 2.24) is 5.32 Å². The fraction of sp³-hybridized carbons (Fsp3) is 0.200. The molecule has 0 amide bonds. The van der Waals surface area contributed by atoms with Gasteiger partial charge < -0.3 is 22.5 Å². The minimum Gasteiger partial charge on any atom is -1.00 e. The molecule has 0 unspecified atom stereocenters. The van der Waals surface area contributed by atoms with Crippen molar-refractivity contribution in [3.8, 4) is 5.75 Å². The number of hydrogen-bond donors (Lipinski definition) is 1. The van der Waals surface area contributed by atoms with E-state index in [-0.39, 0.29) is 12.4 Å². The Hall–Kier alpha value is -1.51. The van der Waals surface area contributed by atoms with Crippen molar-refractivity contribution in [2.24, 2.45) is 0 Å². The molecule has 2 nitrogen and oxygen atoms in total. The molecule has 0 saturated heterocycles. The zero-order valence-corrected chi connectivity index (χ0v) is 11.2. The van der Waals surface area contributed by atoms with Crippen LogP contribution in [-0.2, 0) is 13.1 Å². The molecule has 0 bridgehead atoms. The van der Waals surface area contributed by atoms with E-state index in [0.717, 1.165) is 18.8 Å². The molecule has 0 aromatic heterocycles. The van der Waals surface area contributed by atoms with Crippen LogP contribution in [0.2, 0.25) is 0 Å². The number of nitrogens with one attached hydrogen (secondary N) is 1. The Kier molecular flexibility index (Phi) is 6.26. The SMILES string of the molecule is COc1ccc(CNCc2ccccc2)cc1.[Cl-]. The van der Waals surface area contributed by atoms with Crippen LogP contribution in [0.5, 0.6) is 5.75 Å². The average molecular weight is 263 g/mol. The Morgan fingerprint density at radius 1 is 0.833 bits per heavy atom. The minimum absolute atomic E-state index is 0. The van der Waals surface area contributed by atoms with Crippen LogP contribution < -0.4 is 22.5 Å². The summed E-state index contributed by atoms with van der Waals surface area (Å²) in [5, 5.41) is 3.41. The summed E-state index contributed by atoms with van der Waals surface area (Å²) in [7, 11) is 1.68. The van der Waals surface area contributed by atoms with Gasteiger partial charge in [0.05, 0.1) is 7.11 Å². The number of hydrogen-bond acceptors (Lipinski definition) is 2. The second-order valence-electron chi connectivity index (χ2n) is 3.94. The summed E-state index contributed by atoms with van der Waals surface area (Å²) in [4.78, 5) is 0. The third-order valence-corrected chi connectivity index (χ3v) is 2.66. The second-order valence-corrected chi connectivity index (χ2v) is 3.94. The van der Waals surface area contributed by atoms with Gasteiger partial charge in [0.1, 0.15) is 5.75 Å². The molecule has 3 heteroatoms. The maximum Gasteiger partial charge on any atom is 0.118 e. The molecule has 0 spiro atoms. The smallest absolute Gasteiger partial charge is 0.118 e. The van der Waals surface area contributed by atoms with Crippen molar-refractivity contribution in [1.29, 1.82) is 0 Å². The highest BCUT2D eigenvalue weighted by Gasteiger charge is 1.95. The molecule has 2 rings (SSSR count). The first kappa shape index (κ1) is 14.6. The monoisotopic (exact) mass is 262 g/mol. The lowest BCUT2D eigenvalue weighted by Gasteiger charge is -2.06. The number of ether oxygens (including phenoxy) is 1. The molecular formula is C15H17ClNO-. The molecular weight excluding hydrogens is 246 g/mol. The Morgan fingerprint density at radius 3 is 1.94 bits per heavy atom. The number of halogens is 1. The van der Waals surface area contributed by atoms with E-state index in [1.54, 1.807) is 7.11 Å². The van der Waals surface area contributed by atoms with Crippen LogP contribution in [0.25, 0.3) is 0 Å². The van der Waals surface area contributed by atoms with Crippen LogP contribution in [0.4, 0.5) is 0 Å². The van der Waals surface area contributed by atoms with Crippen molar-refractivity contribution in [3.05, 3.63) is 65.7 Å². The summed E-state index contributed by atoms with van der Waals surface area (Å²) in [6, 6.07) is 18.5. The van der Waals surface area contributed by atoms with Gasteiger partial charge in [-0.25, -0.2) is 0 Å². The molecule has 0 aliphatic heterocycles. The first-order valence-electron chi connectivity index (χ1n) is 5.76. The van der Waals surface area contributed by atoms with E-state index in [0.29, 0.717) is 0 Å². The molecule has 0 aliphatic rings. The topological polar surface area (TPSA) is 21.3 Å². The van der Waals surface area contributed by atoms with Gasteiger partial charge in [0, 0.05) is 13.1 Å². The van der Waals surface area contributed by atoms with E-state index < -0.39 is 0 Å². The molecule has 0 aliphatic carbocycles. The van der Waals surface area contributed by atoms with Gasteiger partial charge in [-0.15, -0.1) is 0 Å². The Bertz CT molecular complexity index is 442. The molecule has 0 atom stereocenters. The normalized spacial score (nSPS) is 9.61. The van der Waals surface area contributed by atoms with Gasteiger partial charge in [-0.1, -0.05) is 42.5 Å². The van der Waals surface area contributed by atoms with Crippen LogP contribution in [0.15, 0.2) is 54.6 Å². The highest BCUT2D eigenvalue weighted by atomic mass is 35.5. The van der Waals surface area contributed by atoms with E-state index >= 15 is 0 Å². The van der Waals surface area contributed by atoms with Crippen LogP contribution in [0.1, 0.15) is 11.1 Å². The zero-order valence-electron chi connectivity index (χ0n) is 10.4. The highest BCUT2D eigenvalue weighted by Crippen LogP contribution is 2.11. The second kappa shape index (κ2) is 7.75. The van der Waals surface area contributed by atoms with Crippen molar-refractivity contribution in [2.75, 3.05) is 7.11 Å². The van der Waals surface area contributed by atoms with Crippen molar-refractivity contribution < 1.29 is 17.1 Å². The fourth-order valence-electron chi connectivity index (χ4n) is 1.69. The Balaban J connectivity index is 0.00000162. The lowest BCUT2D eigenvalue weighted by atomic mass is 10.2. The third-order valence-electron chi connectivity index (χ3n) is 2.66. The van der Waals surface area contributed by atoms with Gasteiger partial charge in [-0.2, -0.15) is 0 Å². The summed E-state index contributed by atoms with van der Waals surface area (Å²) in [6.45, 7) is 1.77. The molecule has 2 aromatic rings. The predicted octanol–water partition coefficient (Wildman–Crippen LogP) is -0.0110. The molecule has 96 valence electrons. The summed E-state index contributed by atoms with van der Waals surface area (Å²) in [5.74, 6) is 0.900. The average Bonchev–Trinajstić information content (AvgIpc) is 2.41. The zero-order chi connectivity index (χ0) is 11.9. The van der Waals surface area contributed by atoms with Gasteiger partial charge in [0.15, 0.2) is 0 Å². The van der Waals surface area contributed by atoms with Gasteiger partial charge in [0.2, 0.25) is 0 Å². The Labute approximate surface area is 114 Å². The molecule has 0 radical (unpaired) electrons. The summed E-state index contributed by atoms with van der Waals surface area (Å²) in [5.41, 5.74) is 2.57. The van der Waals surface area contributed by atoms with E-state index in [1.165, 1.54) is 11.1 Å². The summed E-state index contributed by atoms with van der Waals surface area (Å²) < 4.78 is 5.12. The number of benzene rings is 2. The molecule has 0 heterocycles.